The highest BCUT2D eigenvalue weighted by atomic mass is 14.6. The van der Waals surface area contributed by atoms with E-state index in [0.717, 1.165) is 6.42 Å². The molecule has 1 N–H and O–H groups in total. The van der Waals surface area contributed by atoms with Crippen LogP contribution in [-0.4, -0.2) is 4.98 Å². The minimum absolute atomic E-state index is 0.726. The van der Waals surface area contributed by atoms with Crippen molar-refractivity contribution in [2.45, 2.75) is 6.42 Å². The maximum atomic E-state index is 5.06. The summed E-state index contributed by atoms with van der Waals surface area (Å²) in [6.45, 7) is 0. The van der Waals surface area contributed by atoms with Gasteiger partial charge in [-0.1, -0.05) is 0 Å². The molecule has 0 aliphatic heterocycles. The van der Waals surface area contributed by atoms with Crippen molar-refractivity contribution in [3.05, 3.63) is 24.0 Å². The summed E-state index contributed by atoms with van der Waals surface area (Å²) in [7, 11) is 0. The van der Waals surface area contributed by atoms with Crippen LogP contribution < -0.4 is 0 Å². The Balaban J connectivity index is 2.67. The van der Waals surface area contributed by atoms with E-state index in [1.165, 1.54) is 5.56 Å². The zero-order chi connectivity index (χ0) is 5.82. The van der Waals surface area contributed by atoms with Crippen molar-refractivity contribution in [3.8, 4) is 12.3 Å². The number of aromatic nitrogens is 1. The summed E-state index contributed by atoms with van der Waals surface area (Å²) in [6.07, 6.45) is 9.55. The lowest BCUT2D eigenvalue weighted by molar-refractivity contribution is 1.31. The molecule has 0 unspecified atom stereocenters. The smallest absolute Gasteiger partial charge is 0.0352 e. The molecule has 1 nitrogen and oxygen atoms in total. The van der Waals surface area contributed by atoms with Gasteiger partial charge in [0.15, 0.2) is 0 Å². The predicted octanol–water partition coefficient (Wildman–Crippen LogP) is 1.19. The first-order valence-corrected chi connectivity index (χ1v) is 2.48. The van der Waals surface area contributed by atoms with Gasteiger partial charge < -0.3 is 4.98 Å². The van der Waals surface area contributed by atoms with Crippen molar-refractivity contribution in [2.75, 3.05) is 0 Å². The molecule has 0 bridgehead atoms. The van der Waals surface area contributed by atoms with Crippen LogP contribution in [0.25, 0.3) is 0 Å². The van der Waals surface area contributed by atoms with Gasteiger partial charge in [-0.2, -0.15) is 0 Å². The van der Waals surface area contributed by atoms with Crippen LogP contribution in [0.15, 0.2) is 18.5 Å². The van der Waals surface area contributed by atoms with E-state index in [4.69, 9.17) is 6.42 Å². The topological polar surface area (TPSA) is 15.8 Å². The zero-order valence-corrected chi connectivity index (χ0v) is 4.52. The molecule has 0 amide bonds. The second kappa shape index (κ2) is 2.23. The molecule has 40 valence electrons. The molecule has 1 heteroatoms. The number of hydrogen-bond donors (Lipinski definition) is 1. The summed E-state index contributed by atoms with van der Waals surface area (Å²) in [5.74, 6) is 2.55. The molecular weight excluding hydrogens is 98.1 g/mol. The molecule has 0 fully saturated rings. The second-order valence-electron chi connectivity index (χ2n) is 1.60. The van der Waals surface area contributed by atoms with Gasteiger partial charge in [0.05, 0.1) is 0 Å². The normalized spacial score (nSPS) is 8.38. The van der Waals surface area contributed by atoms with Gasteiger partial charge >= 0.3 is 0 Å². The lowest BCUT2D eigenvalue weighted by Gasteiger charge is -1.79. The van der Waals surface area contributed by atoms with Crippen molar-refractivity contribution in [3.63, 3.8) is 0 Å². The summed E-state index contributed by atoms with van der Waals surface area (Å²) in [4.78, 5) is 2.92. The van der Waals surface area contributed by atoms with E-state index in [1.807, 2.05) is 18.5 Å². The Kier molecular flexibility index (Phi) is 1.39. The number of rotatable bonds is 1. The maximum Gasteiger partial charge on any atom is 0.0352 e. The van der Waals surface area contributed by atoms with Crippen LogP contribution in [0.4, 0.5) is 0 Å². The third-order valence-corrected chi connectivity index (χ3v) is 0.969. The van der Waals surface area contributed by atoms with Gasteiger partial charge in [0.1, 0.15) is 0 Å². The number of aromatic amines is 1. The molecule has 0 saturated heterocycles. The monoisotopic (exact) mass is 105 g/mol. The third kappa shape index (κ3) is 0.913. The summed E-state index contributed by atoms with van der Waals surface area (Å²) in [5, 5.41) is 0. The van der Waals surface area contributed by atoms with Crippen LogP contribution in [0.3, 0.4) is 0 Å². The Morgan fingerprint density at radius 2 is 2.62 bits per heavy atom. The van der Waals surface area contributed by atoms with Crippen molar-refractivity contribution < 1.29 is 0 Å². The lowest BCUT2D eigenvalue weighted by atomic mass is 10.3. The Labute approximate surface area is 48.7 Å². The van der Waals surface area contributed by atoms with E-state index in [-0.39, 0.29) is 0 Å². The maximum absolute atomic E-state index is 5.06. The Hall–Kier alpha value is -1.16. The standard InChI is InChI=1S/C7H7N/c1-2-3-7-4-5-8-6-7/h1,4-6,8H,3H2. The molecular formula is C7H7N. The van der Waals surface area contributed by atoms with Crippen LogP contribution in [0, 0.1) is 12.3 Å². The lowest BCUT2D eigenvalue weighted by Crippen LogP contribution is -1.71. The number of hydrogen-bond acceptors (Lipinski definition) is 0. The van der Waals surface area contributed by atoms with E-state index >= 15 is 0 Å². The van der Waals surface area contributed by atoms with Crippen LogP contribution in [0.2, 0.25) is 0 Å². The van der Waals surface area contributed by atoms with Crippen LogP contribution in [0.1, 0.15) is 5.56 Å². The molecule has 0 saturated carbocycles. The minimum Gasteiger partial charge on any atom is -0.367 e. The van der Waals surface area contributed by atoms with Gasteiger partial charge in [-0.15, -0.1) is 12.3 Å². The molecule has 0 aliphatic carbocycles. The Morgan fingerprint density at radius 1 is 1.75 bits per heavy atom. The van der Waals surface area contributed by atoms with Gasteiger partial charge in [-0.05, 0) is 11.6 Å². The SMILES string of the molecule is C#CCc1cc[nH]c1. The van der Waals surface area contributed by atoms with E-state index in [1.54, 1.807) is 0 Å². The fourth-order valence-electron chi connectivity index (χ4n) is 0.586. The Bertz CT molecular complexity index is 179. The molecule has 1 aromatic rings. The largest absolute Gasteiger partial charge is 0.367 e. The van der Waals surface area contributed by atoms with Crippen molar-refractivity contribution >= 4 is 0 Å². The molecule has 0 aliphatic rings. The van der Waals surface area contributed by atoms with E-state index < -0.39 is 0 Å². The first-order chi connectivity index (χ1) is 3.93. The quantitative estimate of drug-likeness (QED) is 0.516. The Morgan fingerprint density at radius 3 is 3.12 bits per heavy atom. The fourth-order valence-corrected chi connectivity index (χ4v) is 0.586. The second-order valence-corrected chi connectivity index (χ2v) is 1.60. The molecule has 0 aromatic carbocycles. The van der Waals surface area contributed by atoms with Crippen LogP contribution in [0.5, 0.6) is 0 Å². The molecule has 1 rings (SSSR count). The summed E-state index contributed by atoms with van der Waals surface area (Å²) in [6, 6.07) is 1.97. The molecule has 0 radical (unpaired) electrons. The van der Waals surface area contributed by atoms with Crippen molar-refractivity contribution in [1.29, 1.82) is 0 Å². The van der Waals surface area contributed by atoms with Gasteiger partial charge in [0.2, 0.25) is 0 Å². The number of terminal acetylenes is 1. The summed E-state index contributed by atoms with van der Waals surface area (Å²) in [5.41, 5.74) is 1.17. The first kappa shape index (κ1) is 4.99. The molecule has 8 heavy (non-hydrogen) atoms. The van der Waals surface area contributed by atoms with Crippen LogP contribution in [-0.2, 0) is 6.42 Å². The van der Waals surface area contributed by atoms with Gasteiger partial charge in [-0.3, -0.25) is 0 Å². The zero-order valence-electron chi connectivity index (χ0n) is 4.52. The molecule has 1 aromatic heterocycles. The highest BCUT2D eigenvalue weighted by Crippen LogP contribution is 1.94. The summed E-state index contributed by atoms with van der Waals surface area (Å²) < 4.78 is 0. The summed E-state index contributed by atoms with van der Waals surface area (Å²) >= 11 is 0. The molecule has 1 heterocycles. The van der Waals surface area contributed by atoms with E-state index in [2.05, 4.69) is 10.9 Å². The van der Waals surface area contributed by atoms with Gasteiger partial charge in [0.25, 0.3) is 0 Å². The molecule has 0 atom stereocenters. The highest BCUT2D eigenvalue weighted by molar-refractivity contribution is 5.14. The highest BCUT2D eigenvalue weighted by Gasteiger charge is 1.83. The number of nitrogens with one attached hydrogen (secondary N) is 1. The van der Waals surface area contributed by atoms with E-state index in [9.17, 15) is 0 Å². The van der Waals surface area contributed by atoms with E-state index in [0.29, 0.717) is 0 Å². The predicted molar refractivity (Wildman–Crippen MR) is 33.3 cm³/mol. The number of H-pyrrole nitrogens is 1. The van der Waals surface area contributed by atoms with Crippen molar-refractivity contribution in [2.24, 2.45) is 0 Å². The average Bonchev–Trinajstić information content (AvgIpc) is 2.19. The van der Waals surface area contributed by atoms with Gasteiger partial charge in [0, 0.05) is 18.8 Å². The van der Waals surface area contributed by atoms with Crippen LogP contribution >= 0.6 is 0 Å². The fraction of sp³-hybridized carbons (Fsp3) is 0.143. The molecule has 0 spiro atoms. The first-order valence-electron chi connectivity index (χ1n) is 2.48. The third-order valence-electron chi connectivity index (χ3n) is 0.969. The average molecular weight is 105 g/mol. The minimum atomic E-state index is 0.726. The van der Waals surface area contributed by atoms with Gasteiger partial charge in [-0.25, -0.2) is 0 Å². The van der Waals surface area contributed by atoms with Crippen molar-refractivity contribution in [1.82, 2.24) is 4.98 Å².